The summed E-state index contributed by atoms with van der Waals surface area (Å²) in [5.41, 5.74) is 3.45. The molecule has 3 rings (SSSR count). The molecule has 0 aliphatic heterocycles. The number of ether oxygens (including phenoxy) is 1. The summed E-state index contributed by atoms with van der Waals surface area (Å²) in [7, 11) is -3.47. The van der Waals surface area contributed by atoms with Crippen molar-refractivity contribution in [1.29, 1.82) is 0 Å². The van der Waals surface area contributed by atoms with E-state index in [1.807, 2.05) is 45.0 Å². The number of aromatic nitrogens is 1. The van der Waals surface area contributed by atoms with E-state index in [1.54, 1.807) is 24.3 Å². The highest BCUT2D eigenvalue weighted by molar-refractivity contribution is 7.89. The number of aryl methyl sites for hydroxylation is 1. The van der Waals surface area contributed by atoms with Gasteiger partial charge in [-0.15, -0.1) is 0 Å². The van der Waals surface area contributed by atoms with Crippen LogP contribution in [0.1, 0.15) is 26.0 Å². The topological polar surface area (TPSA) is 80.3 Å². The van der Waals surface area contributed by atoms with Crippen LogP contribution in [0.25, 0.3) is 10.9 Å². The number of benzene rings is 2. The van der Waals surface area contributed by atoms with E-state index in [0.717, 1.165) is 40.1 Å². The van der Waals surface area contributed by atoms with Crippen LogP contribution in [0.2, 0.25) is 0 Å². The van der Waals surface area contributed by atoms with Crippen LogP contribution in [-0.2, 0) is 10.0 Å². The summed E-state index contributed by atoms with van der Waals surface area (Å²) < 4.78 is 32.6. The van der Waals surface area contributed by atoms with E-state index in [2.05, 4.69) is 15.0 Å². The minimum atomic E-state index is -3.47. The van der Waals surface area contributed by atoms with Crippen molar-refractivity contribution in [2.75, 3.05) is 18.5 Å². The van der Waals surface area contributed by atoms with Crippen LogP contribution in [0.5, 0.6) is 5.75 Å². The van der Waals surface area contributed by atoms with Crippen molar-refractivity contribution in [2.45, 2.75) is 32.1 Å². The highest BCUT2D eigenvalue weighted by Gasteiger charge is 2.13. The average molecular weight is 400 g/mol. The van der Waals surface area contributed by atoms with Crippen LogP contribution in [0.4, 0.5) is 11.4 Å². The fourth-order valence-electron chi connectivity index (χ4n) is 2.89. The van der Waals surface area contributed by atoms with Crippen LogP contribution in [-0.4, -0.2) is 26.6 Å². The molecule has 0 spiro atoms. The summed E-state index contributed by atoms with van der Waals surface area (Å²) in [4.78, 5) is 4.82. The van der Waals surface area contributed by atoms with Gasteiger partial charge in [-0.2, -0.15) is 0 Å². The first-order valence-corrected chi connectivity index (χ1v) is 10.8. The molecule has 0 unspecified atom stereocenters. The minimum absolute atomic E-state index is 0.251. The van der Waals surface area contributed by atoms with Crippen molar-refractivity contribution in [2.24, 2.45) is 0 Å². The number of nitrogens with one attached hydrogen (secondary N) is 2. The lowest BCUT2D eigenvalue weighted by atomic mass is 10.1. The van der Waals surface area contributed by atoms with E-state index in [9.17, 15) is 8.42 Å². The standard InChI is InChI=1S/C21H25N3O3S/c1-4-12-22-28(25,26)18-9-6-16(7-10-18)24-21-13-15(3)23-20-11-8-17(27-5-2)14-19(20)21/h6-11,13-14,22H,4-5,12H2,1-3H3,(H,23,24). The molecular formula is C21H25N3O3S. The van der Waals surface area contributed by atoms with Crippen molar-refractivity contribution in [1.82, 2.24) is 9.71 Å². The summed E-state index contributed by atoms with van der Waals surface area (Å²) in [6, 6.07) is 14.5. The Morgan fingerprint density at radius 3 is 2.46 bits per heavy atom. The van der Waals surface area contributed by atoms with Crippen LogP contribution in [0.3, 0.4) is 0 Å². The van der Waals surface area contributed by atoms with E-state index in [1.165, 1.54) is 0 Å². The van der Waals surface area contributed by atoms with Gasteiger partial charge in [-0.1, -0.05) is 6.92 Å². The van der Waals surface area contributed by atoms with Crippen LogP contribution >= 0.6 is 0 Å². The van der Waals surface area contributed by atoms with Gasteiger partial charge < -0.3 is 10.1 Å². The van der Waals surface area contributed by atoms with Gasteiger partial charge in [-0.05, 0) is 68.8 Å². The maximum Gasteiger partial charge on any atom is 0.240 e. The van der Waals surface area contributed by atoms with Crippen molar-refractivity contribution < 1.29 is 13.2 Å². The second kappa shape index (κ2) is 8.58. The molecule has 0 saturated heterocycles. The molecule has 2 aromatic carbocycles. The van der Waals surface area contributed by atoms with Gasteiger partial charge in [0.2, 0.25) is 10.0 Å². The molecule has 0 aliphatic carbocycles. The molecule has 0 fully saturated rings. The SMILES string of the molecule is CCCNS(=O)(=O)c1ccc(Nc2cc(C)nc3ccc(OCC)cc23)cc1. The lowest BCUT2D eigenvalue weighted by molar-refractivity contribution is 0.340. The number of rotatable bonds is 8. The van der Waals surface area contributed by atoms with Crippen LogP contribution in [0, 0.1) is 6.92 Å². The van der Waals surface area contributed by atoms with E-state index in [0.29, 0.717) is 13.2 Å². The smallest absolute Gasteiger partial charge is 0.240 e. The van der Waals surface area contributed by atoms with Gasteiger partial charge in [0.25, 0.3) is 0 Å². The van der Waals surface area contributed by atoms with E-state index in [-0.39, 0.29) is 4.90 Å². The molecule has 0 aliphatic rings. The Labute approximate surface area is 166 Å². The largest absolute Gasteiger partial charge is 0.494 e. The first-order chi connectivity index (χ1) is 13.4. The Morgan fingerprint density at radius 1 is 1.04 bits per heavy atom. The lowest BCUT2D eigenvalue weighted by Crippen LogP contribution is -2.24. The quantitative estimate of drug-likeness (QED) is 0.588. The highest BCUT2D eigenvalue weighted by Crippen LogP contribution is 2.30. The summed E-state index contributed by atoms with van der Waals surface area (Å²) in [5, 5.41) is 4.31. The molecule has 3 aromatic rings. The monoisotopic (exact) mass is 399 g/mol. The first-order valence-electron chi connectivity index (χ1n) is 9.34. The van der Waals surface area contributed by atoms with E-state index >= 15 is 0 Å². The maximum absolute atomic E-state index is 12.2. The van der Waals surface area contributed by atoms with Crippen molar-refractivity contribution in [3.05, 3.63) is 54.2 Å². The van der Waals surface area contributed by atoms with Crippen LogP contribution in [0.15, 0.2) is 53.4 Å². The molecule has 6 nitrogen and oxygen atoms in total. The first kappa shape index (κ1) is 20.1. The molecule has 28 heavy (non-hydrogen) atoms. The number of anilines is 2. The van der Waals surface area contributed by atoms with E-state index in [4.69, 9.17) is 4.74 Å². The number of sulfonamides is 1. The average Bonchev–Trinajstić information content (AvgIpc) is 2.67. The Morgan fingerprint density at radius 2 is 1.79 bits per heavy atom. The summed E-state index contributed by atoms with van der Waals surface area (Å²) in [5.74, 6) is 0.784. The molecule has 0 bridgehead atoms. The van der Waals surface area contributed by atoms with Gasteiger partial charge in [0, 0.05) is 29.0 Å². The molecule has 0 amide bonds. The lowest BCUT2D eigenvalue weighted by Gasteiger charge is -2.13. The minimum Gasteiger partial charge on any atom is -0.494 e. The molecule has 1 aromatic heterocycles. The predicted octanol–water partition coefficient (Wildman–Crippen LogP) is 4.37. The van der Waals surface area contributed by atoms with Gasteiger partial charge in [0.05, 0.1) is 17.0 Å². The van der Waals surface area contributed by atoms with Gasteiger partial charge in [-0.3, -0.25) is 4.98 Å². The summed E-state index contributed by atoms with van der Waals surface area (Å²) >= 11 is 0. The third-order valence-electron chi connectivity index (χ3n) is 4.20. The Hall–Kier alpha value is -2.64. The molecular weight excluding hydrogens is 374 g/mol. The molecule has 7 heteroatoms. The molecule has 2 N–H and O–H groups in total. The van der Waals surface area contributed by atoms with Gasteiger partial charge in [0.1, 0.15) is 5.75 Å². The number of nitrogens with zero attached hydrogens (tertiary/aromatic N) is 1. The summed E-state index contributed by atoms with van der Waals surface area (Å²) in [6.07, 6.45) is 0.747. The van der Waals surface area contributed by atoms with Crippen LogP contribution < -0.4 is 14.8 Å². The highest BCUT2D eigenvalue weighted by atomic mass is 32.2. The van der Waals surface area contributed by atoms with E-state index < -0.39 is 10.0 Å². The number of hydrogen-bond acceptors (Lipinski definition) is 5. The number of fused-ring (bicyclic) bond motifs is 1. The zero-order chi connectivity index (χ0) is 20.1. The van der Waals surface area contributed by atoms with Gasteiger partial charge in [-0.25, -0.2) is 13.1 Å². The number of pyridine rings is 1. The third-order valence-corrected chi connectivity index (χ3v) is 5.68. The zero-order valence-electron chi connectivity index (χ0n) is 16.3. The molecule has 0 atom stereocenters. The second-order valence-corrected chi connectivity index (χ2v) is 8.24. The van der Waals surface area contributed by atoms with Crippen molar-refractivity contribution in [3.8, 4) is 5.75 Å². The second-order valence-electron chi connectivity index (χ2n) is 6.47. The fraction of sp³-hybridized carbons (Fsp3) is 0.286. The van der Waals surface area contributed by atoms with Gasteiger partial charge in [0.15, 0.2) is 0 Å². The normalized spacial score (nSPS) is 11.5. The van der Waals surface area contributed by atoms with Crippen molar-refractivity contribution in [3.63, 3.8) is 0 Å². The molecule has 0 saturated carbocycles. The molecule has 1 heterocycles. The Bertz CT molecular complexity index is 1060. The third kappa shape index (κ3) is 4.61. The van der Waals surface area contributed by atoms with Crippen molar-refractivity contribution >= 4 is 32.3 Å². The number of hydrogen-bond donors (Lipinski definition) is 2. The summed E-state index contributed by atoms with van der Waals surface area (Å²) in [6.45, 7) is 6.83. The van der Waals surface area contributed by atoms with Gasteiger partial charge >= 0.3 is 0 Å². The molecule has 148 valence electrons. The Balaban J connectivity index is 1.90. The fourth-order valence-corrected chi connectivity index (χ4v) is 4.02. The zero-order valence-corrected chi connectivity index (χ0v) is 17.1. The Kier molecular flexibility index (Phi) is 6.16. The molecule has 0 radical (unpaired) electrons. The predicted molar refractivity (Wildman–Crippen MR) is 113 cm³/mol. The maximum atomic E-state index is 12.2.